The van der Waals surface area contributed by atoms with Crippen LogP contribution in [0.25, 0.3) is 0 Å². The van der Waals surface area contributed by atoms with Gasteiger partial charge < -0.3 is 6.92 Å². The van der Waals surface area contributed by atoms with Gasteiger partial charge in [0.1, 0.15) is 5.78 Å². The van der Waals surface area contributed by atoms with E-state index in [1.54, 1.807) is 0 Å². The summed E-state index contributed by atoms with van der Waals surface area (Å²) in [5.74, 6) is -0.119. The van der Waals surface area contributed by atoms with E-state index in [-0.39, 0.29) is 44.3 Å². The first kappa shape index (κ1) is 14.7. The van der Waals surface area contributed by atoms with Gasteiger partial charge in [-0.05, 0) is 25.8 Å². The summed E-state index contributed by atoms with van der Waals surface area (Å²) in [6, 6.07) is 5.73. The third kappa shape index (κ3) is 2.18. The molecule has 1 radical (unpaired) electrons. The van der Waals surface area contributed by atoms with Gasteiger partial charge in [-0.1, -0.05) is 23.8 Å². The van der Waals surface area contributed by atoms with Gasteiger partial charge in [0.15, 0.2) is 5.78 Å². The zero-order chi connectivity index (χ0) is 11.9. The molecular formula is C14H15O2Y-. The number of ketones is 2. The van der Waals surface area contributed by atoms with E-state index >= 15 is 0 Å². The van der Waals surface area contributed by atoms with Gasteiger partial charge in [0.05, 0.1) is 5.41 Å². The van der Waals surface area contributed by atoms with Crippen LogP contribution in [0.2, 0.25) is 0 Å². The molecule has 1 aromatic carbocycles. The monoisotopic (exact) mass is 304 g/mol. The van der Waals surface area contributed by atoms with Gasteiger partial charge in [-0.15, -0.1) is 0 Å². The third-order valence-corrected chi connectivity index (χ3v) is 3.53. The zero-order valence-corrected chi connectivity index (χ0v) is 13.1. The summed E-state index contributed by atoms with van der Waals surface area (Å²) >= 11 is 0. The van der Waals surface area contributed by atoms with Crippen molar-refractivity contribution in [3.05, 3.63) is 41.8 Å². The second-order valence-corrected chi connectivity index (χ2v) is 4.55. The topological polar surface area (TPSA) is 34.1 Å². The van der Waals surface area contributed by atoms with Gasteiger partial charge in [0, 0.05) is 38.3 Å². The Hall–Kier alpha value is -0.336. The number of fused-ring (bicyclic) bond motifs is 1. The van der Waals surface area contributed by atoms with Crippen LogP contribution < -0.4 is 0 Å². The molecule has 1 aromatic rings. The molecule has 3 heteroatoms. The number of hydrogen-bond donors (Lipinski definition) is 0. The average molecular weight is 304 g/mol. The number of benzene rings is 1. The Labute approximate surface area is 127 Å². The molecule has 1 aliphatic rings. The molecule has 2 nitrogen and oxygen atoms in total. The first-order valence-electron chi connectivity index (χ1n) is 5.46. The Kier molecular flexibility index (Phi) is 4.43. The molecule has 2 rings (SSSR count). The molecule has 1 atom stereocenters. The quantitative estimate of drug-likeness (QED) is 0.621. The molecule has 0 fully saturated rings. The number of Topliss-reactive ketones (excluding diaryl/α,β-unsaturated/α-hetero) is 2. The molecule has 1 aliphatic carbocycles. The Bertz CT molecular complexity index is 479. The first-order chi connectivity index (χ1) is 7.51. The van der Waals surface area contributed by atoms with Crippen molar-refractivity contribution in [3.63, 3.8) is 0 Å². The Balaban J connectivity index is 0.00000144. The van der Waals surface area contributed by atoms with Gasteiger partial charge in [-0.25, -0.2) is 0 Å². The van der Waals surface area contributed by atoms with Crippen molar-refractivity contribution in [1.82, 2.24) is 0 Å². The maximum absolute atomic E-state index is 12.2. The number of carbonyl (C=O) groups is 2. The van der Waals surface area contributed by atoms with Gasteiger partial charge in [0.2, 0.25) is 0 Å². The molecule has 0 aromatic heterocycles. The Morgan fingerprint density at radius 2 is 2.12 bits per heavy atom. The van der Waals surface area contributed by atoms with Crippen LogP contribution >= 0.6 is 0 Å². The Morgan fingerprint density at radius 1 is 1.47 bits per heavy atom. The third-order valence-electron chi connectivity index (χ3n) is 3.53. The van der Waals surface area contributed by atoms with Crippen LogP contribution in [0.3, 0.4) is 0 Å². The van der Waals surface area contributed by atoms with Crippen molar-refractivity contribution in [2.75, 3.05) is 0 Å². The van der Waals surface area contributed by atoms with Crippen molar-refractivity contribution in [1.29, 1.82) is 0 Å². The van der Waals surface area contributed by atoms with Crippen LogP contribution in [-0.4, -0.2) is 11.6 Å². The second kappa shape index (κ2) is 5.11. The number of aryl methyl sites for hydroxylation is 1. The predicted octanol–water partition coefficient (Wildman–Crippen LogP) is 2.53. The molecule has 0 saturated heterocycles. The fourth-order valence-electron chi connectivity index (χ4n) is 2.42. The number of rotatable bonds is 2. The van der Waals surface area contributed by atoms with Crippen LogP contribution in [0.1, 0.15) is 34.8 Å². The summed E-state index contributed by atoms with van der Waals surface area (Å²) in [5.41, 5.74) is 1.92. The largest absolute Gasteiger partial charge is 0.342 e. The van der Waals surface area contributed by atoms with Crippen molar-refractivity contribution in [2.24, 2.45) is 5.41 Å². The molecule has 0 bridgehead atoms. The minimum absolute atomic E-state index is 0. The normalized spacial score (nSPS) is 21.9. The summed E-state index contributed by atoms with van der Waals surface area (Å²) in [6.07, 6.45) is 0.858. The van der Waals surface area contributed by atoms with E-state index in [4.69, 9.17) is 0 Å². The summed E-state index contributed by atoms with van der Waals surface area (Å²) in [5, 5.41) is 0. The summed E-state index contributed by atoms with van der Waals surface area (Å²) in [7, 11) is 0. The number of hydrogen-bond acceptors (Lipinski definition) is 2. The SMILES string of the molecule is [CH2-]CC1(C(C)=O)Cc2cc(C)ccc2C1=O.[Y]. The molecule has 0 heterocycles. The summed E-state index contributed by atoms with van der Waals surface area (Å²) in [6.45, 7) is 7.25. The fraction of sp³-hybridized carbons (Fsp3) is 0.357. The summed E-state index contributed by atoms with van der Waals surface area (Å²) in [4.78, 5) is 23.9. The molecule has 87 valence electrons. The molecule has 0 amide bonds. The van der Waals surface area contributed by atoms with Crippen molar-refractivity contribution in [2.45, 2.75) is 26.7 Å². The predicted molar refractivity (Wildman–Crippen MR) is 62.3 cm³/mol. The van der Waals surface area contributed by atoms with Crippen LogP contribution in [0.4, 0.5) is 0 Å². The van der Waals surface area contributed by atoms with Crippen molar-refractivity contribution in [3.8, 4) is 0 Å². The van der Waals surface area contributed by atoms with Crippen LogP contribution in [0.5, 0.6) is 0 Å². The van der Waals surface area contributed by atoms with E-state index in [0.717, 1.165) is 11.1 Å². The summed E-state index contributed by atoms with van der Waals surface area (Å²) < 4.78 is 0. The van der Waals surface area contributed by atoms with E-state index < -0.39 is 5.41 Å². The van der Waals surface area contributed by atoms with E-state index in [9.17, 15) is 9.59 Å². The van der Waals surface area contributed by atoms with Gasteiger partial charge >= 0.3 is 0 Å². The molecule has 0 N–H and O–H groups in total. The molecule has 0 aliphatic heterocycles. The van der Waals surface area contributed by atoms with Gasteiger partial charge in [0.25, 0.3) is 0 Å². The minimum Gasteiger partial charge on any atom is -0.342 e. The van der Waals surface area contributed by atoms with Gasteiger partial charge in [-0.2, -0.15) is 6.42 Å². The molecule has 1 unspecified atom stereocenters. The van der Waals surface area contributed by atoms with Crippen LogP contribution in [0, 0.1) is 19.3 Å². The maximum Gasteiger partial charge on any atom is 0.174 e. The van der Waals surface area contributed by atoms with Crippen molar-refractivity contribution >= 4 is 11.6 Å². The standard InChI is InChI=1S/C14H15O2.Y/c1-4-14(10(3)15)8-11-7-9(2)5-6-12(11)13(14)16;/h5-7H,1,4,8H2,2-3H3;/q-1;. The zero-order valence-electron chi connectivity index (χ0n) is 10.2. The van der Waals surface area contributed by atoms with E-state index in [1.807, 2.05) is 25.1 Å². The second-order valence-electron chi connectivity index (χ2n) is 4.55. The fourth-order valence-corrected chi connectivity index (χ4v) is 2.42. The molecule has 0 spiro atoms. The Morgan fingerprint density at radius 3 is 2.65 bits per heavy atom. The minimum atomic E-state index is -0.893. The maximum atomic E-state index is 12.2. The van der Waals surface area contributed by atoms with Crippen LogP contribution in [-0.2, 0) is 43.9 Å². The number of carbonyl (C=O) groups excluding carboxylic acids is 2. The first-order valence-corrected chi connectivity index (χ1v) is 5.46. The van der Waals surface area contributed by atoms with E-state index in [2.05, 4.69) is 6.92 Å². The smallest absolute Gasteiger partial charge is 0.174 e. The average Bonchev–Trinajstić information content (AvgIpc) is 2.52. The molecule has 17 heavy (non-hydrogen) atoms. The van der Waals surface area contributed by atoms with E-state index in [0.29, 0.717) is 18.4 Å². The van der Waals surface area contributed by atoms with Crippen LogP contribution in [0.15, 0.2) is 18.2 Å². The van der Waals surface area contributed by atoms with E-state index in [1.165, 1.54) is 6.92 Å². The molecule has 0 saturated carbocycles. The van der Waals surface area contributed by atoms with Crippen molar-refractivity contribution < 1.29 is 42.3 Å². The van der Waals surface area contributed by atoms with Gasteiger partial charge in [-0.3, -0.25) is 9.59 Å². The molecular weight excluding hydrogens is 289 g/mol.